The van der Waals surface area contributed by atoms with Crippen molar-refractivity contribution >= 4 is 5.69 Å². The predicted octanol–water partition coefficient (Wildman–Crippen LogP) is 2.96. The second-order valence-corrected chi connectivity index (χ2v) is 5.35. The van der Waals surface area contributed by atoms with Gasteiger partial charge in [0.25, 0.3) is 0 Å². The Bertz CT molecular complexity index is 591. The molecular weight excluding hydrogens is 250 g/mol. The minimum absolute atomic E-state index is 0.493. The highest BCUT2D eigenvalue weighted by Gasteiger charge is 2.22. The fourth-order valence-corrected chi connectivity index (χ4v) is 2.82. The fraction of sp³-hybridized carbons (Fsp3) is 0.438. The van der Waals surface area contributed by atoms with Crippen molar-refractivity contribution in [1.29, 1.82) is 0 Å². The molecule has 3 rings (SSSR count). The monoisotopic (exact) mass is 271 g/mol. The van der Waals surface area contributed by atoms with Gasteiger partial charge in [0.1, 0.15) is 5.75 Å². The first-order valence-corrected chi connectivity index (χ1v) is 7.23. The Kier molecular flexibility index (Phi) is 3.63. The zero-order valence-corrected chi connectivity index (χ0v) is 12.1. The van der Waals surface area contributed by atoms with Crippen LogP contribution in [0.3, 0.4) is 0 Å². The summed E-state index contributed by atoms with van der Waals surface area (Å²) >= 11 is 0. The number of aromatic nitrogens is 2. The lowest BCUT2D eigenvalue weighted by Gasteiger charge is -2.26. The summed E-state index contributed by atoms with van der Waals surface area (Å²) in [5, 5.41) is 3.37. The van der Waals surface area contributed by atoms with Gasteiger partial charge < -0.3 is 14.6 Å². The summed E-state index contributed by atoms with van der Waals surface area (Å²) in [4.78, 5) is 4.45. The van der Waals surface area contributed by atoms with Crippen molar-refractivity contribution in [2.24, 2.45) is 7.05 Å². The summed E-state index contributed by atoms with van der Waals surface area (Å²) in [6, 6.07) is 6.40. The molecule has 0 aliphatic carbocycles. The van der Waals surface area contributed by atoms with Crippen LogP contribution in [0.4, 0.5) is 5.69 Å². The normalized spacial score (nSPS) is 17.4. The maximum absolute atomic E-state index is 5.78. The van der Waals surface area contributed by atoms with Crippen molar-refractivity contribution in [2.45, 2.75) is 25.7 Å². The number of benzene rings is 1. The minimum atomic E-state index is 0.493. The Balaban J connectivity index is 1.85. The molecule has 0 amide bonds. The number of anilines is 1. The molecular formula is C16H21N3O. The second kappa shape index (κ2) is 5.57. The third-order valence-electron chi connectivity index (χ3n) is 3.77. The Labute approximate surface area is 119 Å². The van der Waals surface area contributed by atoms with E-state index < -0.39 is 0 Å². The van der Waals surface area contributed by atoms with Crippen molar-refractivity contribution < 1.29 is 4.74 Å². The van der Waals surface area contributed by atoms with E-state index >= 15 is 0 Å². The molecule has 2 heterocycles. The van der Waals surface area contributed by atoms with Gasteiger partial charge in [0, 0.05) is 25.5 Å². The molecule has 1 atom stereocenters. The van der Waals surface area contributed by atoms with E-state index in [-0.39, 0.29) is 0 Å². The van der Waals surface area contributed by atoms with Gasteiger partial charge in [-0.15, -0.1) is 0 Å². The van der Waals surface area contributed by atoms with Crippen molar-refractivity contribution in [2.75, 3.05) is 18.5 Å². The number of hydrogen-bond donors (Lipinski definition) is 1. The second-order valence-electron chi connectivity index (χ2n) is 5.35. The first-order chi connectivity index (χ1) is 9.76. The van der Waals surface area contributed by atoms with Gasteiger partial charge in [0.05, 0.1) is 18.6 Å². The third kappa shape index (κ3) is 2.64. The van der Waals surface area contributed by atoms with Crippen LogP contribution >= 0.6 is 0 Å². The van der Waals surface area contributed by atoms with Crippen LogP contribution < -0.4 is 10.1 Å². The molecule has 1 aromatic heterocycles. The van der Waals surface area contributed by atoms with Crippen LogP contribution in [-0.4, -0.2) is 22.7 Å². The van der Waals surface area contributed by atoms with E-state index in [9.17, 15) is 0 Å². The van der Waals surface area contributed by atoms with E-state index in [1.54, 1.807) is 0 Å². The van der Waals surface area contributed by atoms with Gasteiger partial charge in [-0.3, -0.25) is 0 Å². The SMILES string of the molecule is CCNc1ccc2c(c1)C(Cc1cn(C)cn1)CCO2. The van der Waals surface area contributed by atoms with Crippen molar-refractivity contribution in [3.05, 3.63) is 42.0 Å². The zero-order valence-electron chi connectivity index (χ0n) is 12.1. The molecule has 1 N–H and O–H groups in total. The molecule has 0 saturated carbocycles. The van der Waals surface area contributed by atoms with Gasteiger partial charge in [-0.25, -0.2) is 4.98 Å². The molecule has 0 bridgehead atoms. The third-order valence-corrected chi connectivity index (χ3v) is 3.77. The number of fused-ring (bicyclic) bond motifs is 1. The molecule has 4 nitrogen and oxygen atoms in total. The van der Waals surface area contributed by atoms with Gasteiger partial charge in [-0.05, 0) is 49.4 Å². The van der Waals surface area contributed by atoms with E-state index in [0.717, 1.165) is 37.4 Å². The van der Waals surface area contributed by atoms with Gasteiger partial charge >= 0.3 is 0 Å². The summed E-state index contributed by atoms with van der Waals surface area (Å²) in [6.07, 6.45) is 6.00. The summed E-state index contributed by atoms with van der Waals surface area (Å²) in [6.45, 7) is 3.84. The molecule has 106 valence electrons. The highest BCUT2D eigenvalue weighted by atomic mass is 16.5. The van der Waals surface area contributed by atoms with Crippen LogP contribution in [0.5, 0.6) is 5.75 Å². The minimum Gasteiger partial charge on any atom is -0.493 e. The lowest BCUT2D eigenvalue weighted by atomic mass is 9.89. The molecule has 2 aromatic rings. The van der Waals surface area contributed by atoms with E-state index in [2.05, 4.69) is 41.6 Å². The van der Waals surface area contributed by atoms with Gasteiger partial charge in [-0.1, -0.05) is 0 Å². The van der Waals surface area contributed by atoms with Gasteiger partial charge in [-0.2, -0.15) is 0 Å². The summed E-state index contributed by atoms with van der Waals surface area (Å²) in [7, 11) is 2.01. The molecule has 0 saturated heterocycles. The number of aryl methyl sites for hydroxylation is 1. The highest BCUT2D eigenvalue weighted by molar-refractivity contribution is 5.53. The molecule has 20 heavy (non-hydrogen) atoms. The lowest BCUT2D eigenvalue weighted by Crippen LogP contribution is -2.16. The summed E-state index contributed by atoms with van der Waals surface area (Å²) in [5.41, 5.74) is 3.63. The average molecular weight is 271 g/mol. The zero-order chi connectivity index (χ0) is 13.9. The molecule has 1 aliphatic rings. The average Bonchev–Trinajstić information content (AvgIpc) is 2.85. The van der Waals surface area contributed by atoms with Crippen LogP contribution in [0.2, 0.25) is 0 Å². The van der Waals surface area contributed by atoms with E-state index in [0.29, 0.717) is 5.92 Å². The van der Waals surface area contributed by atoms with Gasteiger partial charge in [0.2, 0.25) is 0 Å². The van der Waals surface area contributed by atoms with Crippen LogP contribution in [0.1, 0.15) is 30.5 Å². The maximum atomic E-state index is 5.78. The number of nitrogens with one attached hydrogen (secondary N) is 1. The van der Waals surface area contributed by atoms with Crippen LogP contribution in [0, 0.1) is 0 Å². The van der Waals surface area contributed by atoms with Crippen LogP contribution in [0.25, 0.3) is 0 Å². The molecule has 0 radical (unpaired) electrons. The molecule has 0 spiro atoms. The number of hydrogen-bond acceptors (Lipinski definition) is 3. The summed E-state index contributed by atoms with van der Waals surface area (Å²) in [5.74, 6) is 1.52. The molecule has 1 unspecified atom stereocenters. The molecule has 0 fully saturated rings. The van der Waals surface area contributed by atoms with E-state index in [1.165, 1.54) is 11.3 Å². The number of rotatable bonds is 4. The fourth-order valence-electron chi connectivity index (χ4n) is 2.82. The standard InChI is InChI=1S/C16H21N3O/c1-3-17-13-4-5-16-15(9-13)12(6-7-20-16)8-14-10-19(2)11-18-14/h4-5,9-12,17H,3,6-8H2,1-2H3. The number of imidazole rings is 1. The van der Waals surface area contributed by atoms with E-state index in [1.807, 2.05) is 17.9 Å². The van der Waals surface area contributed by atoms with Crippen molar-refractivity contribution in [1.82, 2.24) is 9.55 Å². The number of nitrogens with zero attached hydrogens (tertiary/aromatic N) is 2. The van der Waals surface area contributed by atoms with Gasteiger partial charge in [0.15, 0.2) is 0 Å². The molecule has 4 heteroatoms. The Morgan fingerprint density at radius 2 is 2.35 bits per heavy atom. The van der Waals surface area contributed by atoms with Crippen molar-refractivity contribution in [3.63, 3.8) is 0 Å². The maximum Gasteiger partial charge on any atom is 0.122 e. The largest absolute Gasteiger partial charge is 0.493 e. The van der Waals surface area contributed by atoms with Crippen LogP contribution in [0.15, 0.2) is 30.7 Å². The highest BCUT2D eigenvalue weighted by Crippen LogP contribution is 2.37. The molecule has 1 aliphatic heterocycles. The van der Waals surface area contributed by atoms with E-state index in [4.69, 9.17) is 4.74 Å². The summed E-state index contributed by atoms with van der Waals surface area (Å²) < 4.78 is 7.78. The Hall–Kier alpha value is -1.97. The number of ether oxygens (including phenoxy) is 1. The first-order valence-electron chi connectivity index (χ1n) is 7.23. The Morgan fingerprint density at radius 1 is 1.45 bits per heavy atom. The predicted molar refractivity (Wildman–Crippen MR) is 80.4 cm³/mol. The Morgan fingerprint density at radius 3 is 3.10 bits per heavy atom. The molecule has 1 aromatic carbocycles. The lowest BCUT2D eigenvalue weighted by molar-refractivity contribution is 0.266. The van der Waals surface area contributed by atoms with Crippen LogP contribution in [-0.2, 0) is 13.5 Å². The van der Waals surface area contributed by atoms with Crippen molar-refractivity contribution in [3.8, 4) is 5.75 Å². The smallest absolute Gasteiger partial charge is 0.122 e. The topological polar surface area (TPSA) is 39.1 Å². The first kappa shape index (κ1) is 13.0. The quantitative estimate of drug-likeness (QED) is 0.929.